The number of carbonyl (C=O) groups is 2. The molecular weight excluding hydrogens is 348 g/mol. The van der Waals surface area contributed by atoms with Gasteiger partial charge in [0, 0.05) is 31.9 Å². The molecule has 2 aromatic rings. The van der Waals surface area contributed by atoms with Crippen molar-refractivity contribution in [2.75, 3.05) is 40.1 Å². The van der Waals surface area contributed by atoms with Crippen molar-refractivity contribution < 1.29 is 9.59 Å². The number of nitrogens with zero attached hydrogens (tertiary/aromatic N) is 2. The van der Waals surface area contributed by atoms with Crippen molar-refractivity contribution in [3.63, 3.8) is 0 Å². The predicted molar refractivity (Wildman–Crippen MR) is 107 cm³/mol. The highest BCUT2D eigenvalue weighted by atomic mass is 32.1. The molecule has 1 unspecified atom stereocenters. The monoisotopic (exact) mass is 374 g/mol. The van der Waals surface area contributed by atoms with E-state index >= 15 is 0 Å². The largest absolute Gasteiger partial charge is 0.345 e. The Kier molecular flexibility index (Phi) is 6.76. The van der Waals surface area contributed by atoms with Crippen LogP contribution in [0.2, 0.25) is 0 Å². The van der Waals surface area contributed by atoms with Gasteiger partial charge >= 0.3 is 6.03 Å². The number of benzene rings is 1. The van der Waals surface area contributed by atoms with Gasteiger partial charge in [0.2, 0.25) is 0 Å². The van der Waals surface area contributed by atoms with Gasteiger partial charge in [-0.25, -0.2) is 4.79 Å². The summed E-state index contributed by atoms with van der Waals surface area (Å²) >= 11 is 1.64. The quantitative estimate of drug-likeness (QED) is 0.816. The van der Waals surface area contributed by atoms with Gasteiger partial charge in [-0.05, 0) is 61.1 Å². The fourth-order valence-electron chi connectivity index (χ4n) is 2.57. The third-order valence-corrected chi connectivity index (χ3v) is 4.85. The molecule has 140 valence electrons. The minimum absolute atomic E-state index is 0.0985. The van der Waals surface area contributed by atoms with Gasteiger partial charge in [-0.3, -0.25) is 4.79 Å². The van der Waals surface area contributed by atoms with Crippen LogP contribution in [0.15, 0.2) is 35.0 Å². The first-order chi connectivity index (χ1) is 12.3. The van der Waals surface area contributed by atoms with E-state index < -0.39 is 0 Å². The first kappa shape index (κ1) is 19.9. The molecule has 0 aliphatic rings. The molecule has 0 saturated heterocycles. The van der Waals surface area contributed by atoms with Crippen molar-refractivity contribution in [2.45, 2.75) is 13.0 Å². The molecule has 7 heteroatoms. The Labute approximate surface area is 158 Å². The first-order valence-electron chi connectivity index (χ1n) is 8.35. The van der Waals surface area contributed by atoms with Crippen LogP contribution in [0.25, 0.3) is 0 Å². The third kappa shape index (κ3) is 5.06. The van der Waals surface area contributed by atoms with E-state index in [1.807, 2.05) is 32.5 Å². The lowest BCUT2D eigenvalue weighted by Crippen LogP contribution is -2.36. The molecule has 1 atom stereocenters. The van der Waals surface area contributed by atoms with Crippen molar-refractivity contribution in [2.24, 2.45) is 0 Å². The van der Waals surface area contributed by atoms with Gasteiger partial charge < -0.3 is 20.4 Å². The van der Waals surface area contributed by atoms with Crippen molar-refractivity contribution in [3.8, 4) is 0 Å². The maximum absolute atomic E-state index is 12.3. The number of likely N-dealkylation sites (N-methyl/N-ethyl adjacent to an activating group) is 1. The van der Waals surface area contributed by atoms with E-state index in [1.54, 1.807) is 37.6 Å². The summed E-state index contributed by atoms with van der Waals surface area (Å²) in [7, 11) is 7.38. The number of hydrogen-bond acceptors (Lipinski definition) is 4. The molecule has 0 bridgehead atoms. The van der Waals surface area contributed by atoms with Crippen LogP contribution in [0.4, 0.5) is 10.5 Å². The van der Waals surface area contributed by atoms with E-state index in [4.69, 9.17) is 0 Å². The molecule has 6 nitrogen and oxygen atoms in total. The third-order valence-electron chi connectivity index (χ3n) is 4.15. The maximum atomic E-state index is 12.3. The average molecular weight is 375 g/mol. The summed E-state index contributed by atoms with van der Waals surface area (Å²) in [4.78, 5) is 28.0. The molecule has 1 aromatic carbocycles. The van der Waals surface area contributed by atoms with Gasteiger partial charge in [0.25, 0.3) is 5.91 Å². The van der Waals surface area contributed by atoms with Gasteiger partial charge in [0.1, 0.15) is 0 Å². The van der Waals surface area contributed by atoms with Gasteiger partial charge in [-0.2, -0.15) is 11.3 Å². The number of anilines is 1. The number of aryl methyl sites for hydroxylation is 1. The zero-order chi connectivity index (χ0) is 19.3. The first-order valence-corrected chi connectivity index (χ1v) is 9.29. The van der Waals surface area contributed by atoms with Crippen LogP contribution in [-0.2, 0) is 0 Å². The summed E-state index contributed by atoms with van der Waals surface area (Å²) < 4.78 is 0. The Balaban J connectivity index is 2.03. The molecule has 0 aliphatic carbocycles. The molecular formula is C19H26N4O2S. The summed E-state index contributed by atoms with van der Waals surface area (Å²) in [5, 5.41) is 9.88. The molecule has 1 aromatic heterocycles. The van der Waals surface area contributed by atoms with Crippen molar-refractivity contribution >= 4 is 29.0 Å². The smallest absolute Gasteiger partial charge is 0.319 e. The Morgan fingerprint density at radius 3 is 2.46 bits per heavy atom. The van der Waals surface area contributed by atoms with E-state index in [0.29, 0.717) is 17.8 Å². The lowest BCUT2D eigenvalue weighted by Gasteiger charge is -2.24. The minimum atomic E-state index is -0.287. The summed E-state index contributed by atoms with van der Waals surface area (Å²) in [5.74, 6) is -0.0985. The summed E-state index contributed by atoms with van der Waals surface area (Å²) in [6.07, 6.45) is 0. The zero-order valence-corrected chi connectivity index (χ0v) is 16.7. The molecule has 26 heavy (non-hydrogen) atoms. The van der Waals surface area contributed by atoms with Crippen LogP contribution >= 0.6 is 11.3 Å². The van der Waals surface area contributed by atoms with E-state index in [1.165, 1.54) is 10.5 Å². The molecule has 0 fully saturated rings. The second-order valence-corrected chi connectivity index (χ2v) is 7.38. The number of hydrogen-bond donors (Lipinski definition) is 2. The topological polar surface area (TPSA) is 64.7 Å². The highest BCUT2D eigenvalue weighted by Gasteiger charge is 2.16. The molecule has 0 saturated carbocycles. The average Bonchev–Trinajstić information content (AvgIpc) is 3.10. The molecule has 0 aliphatic heterocycles. The second-order valence-electron chi connectivity index (χ2n) is 6.60. The molecule has 3 amide bonds. The molecule has 2 rings (SSSR count). The normalized spacial score (nSPS) is 11.9. The number of rotatable bonds is 6. The Morgan fingerprint density at radius 2 is 1.88 bits per heavy atom. The maximum Gasteiger partial charge on any atom is 0.319 e. The fraction of sp³-hybridized carbons (Fsp3) is 0.368. The molecule has 1 heterocycles. The number of carbonyl (C=O) groups excluding carboxylic acids is 2. The highest BCUT2D eigenvalue weighted by molar-refractivity contribution is 7.07. The number of nitrogens with one attached hydrogen (secondary N) is 2. The SMILES string of the molecule is Cc1ccc(C(=O)N(C)C)cc1NC(=O)NCC(c1ccsc1)N(C)C. The van der Waals surface area contributed by atoms with Gasteiger partial charge in [-0.15, -0.1) is 0 Å². The summed E-state index contributed by atoms with van der Waals surface area (Å²) in [6.45, 7) is 2.39. The van der Waals surface area contributed by atoms with Crippen molar-refractivity contribution in [3.05, 3.63) is 51.7 Å². The standard InChI is InChI=1S/C19H26N4O2S/c1-13-6-7-14(18(24)23(4)5)10-16(13)21-19(25)20-11-17(22(2)3)15-8-9-26-12-15/h6-10,12,17H,11H2,1-5H3,(H2,20,21,25). The Bertz CT molecular complexity index is 757. The summed E-state index contributed by atoms with van der Waals surface area (Å²) in [6, 6.07) is 7.19. The van der Waals surface area contributed by atoms with E-state index in [9.17, 15) is 9.59 Å². The van der Waals surface area contributed by atoms with Crippen LogP contribution in [-0.4, -0.2) is 56.5 Å². The van der Waals surface area contributed by atoms with Crippen molar-refractivity contribution in [1.29, 1.82) is 0 Å². The van der Waals surface area contributed by atoms with Gasteiger partial charge in [-0.1, -0.05) is 6.07 Å². The van der Waals surface area contributed by atoms with Crippen LogP contribution in [0.5, 0.6) is 0 Å². The summed E-state index contributed by atoms with van der Waals surface area (Å²) in [5.41, 5.74) is 3.25. The van der Waals surface area contributed by atoms with Gasteiger partial charge in [0.15, 0.2) is 0 Å². The van der Waals surface area contributed by atoms with E-state index in [0.717, 1.165) is 5.56 Å². The van der Waals surface area contributed by atoms with Crippen LogP contribution in [0.1, 0.15) is 27.5 Å². The van der Waals surface area contributed by atoms with Crippen molar-refractivity contribution in [1.82, 2.24) is 15.1 Å². The fourth-order valence-corrected chi connectivity index (χ4v) is 3.27. The highest BCUT2D eigenvalue weighted by Crippen LogP contribution is 2.21. The van der Waals surface area contributed by atoms with Crippen LogP contribution in [0.3, 0.4) is 0 Å². The molecule has 0 spiro atoms. The Morgan fingerprint density at radius 1 is 1.15 bits per heavy atom. The van der Waals surface area contributed by atoms with Gasteiger partial charge in [0.05, 0.1) is 6.04 Å². The molecule has 0 radical (unpaired) electrons. The number of amides is 3. The lowest BCUT2D eigenvalue weighted by atomic mass is 10.1. The van der Waals surface area contributed by atoms with E-state index in [-0.39, 0.29) is 18.0 Å². The number of thiophene rings is 1. The van der Waals surface area contributed by atoms with E-state index in [2.05, 4.69) is 27.0 Å². The van der Waals surface area contributed by atoms with Crippen LogP contribution in [0, 0.1) is 6.92 Å². The lowest BCUT2D eigenvalue weighted by molar-refractivity contribution is 0.0827. The van der Waals surface area contributed by atoms with Crippen LogP contribution < -0.4 is 10.6 Å². The molecule has 2 N–H and O–H groups in total. The zero-order valence-electron chi connectivity index (χ0n) is 15.9. The predicted octanol–water partition coefficient (Wildman–Crippen LogP) is 3.18. The number of urea groups is 1. The Hall–Kier alpha value is -2.38. The minimum Gasteiger partial charge on any atom is -0.345 e. The second kappa shape index (κ2) is 8.82.